The van der Waals surface area contributed by atoms with Gasteiger partial charge in [-0.25, -0.2) is 0 Å². The molecular weight excluding hydrogens is 394 g/mol. The van der Waals surface area contributed by atoms with Crippen molar-refractivity contribution in [3.05, 3.63) is 0 Å². The molecule has 0 aliphatic rings. The van der Waals surface area contributed by atoms with Crippen molar-refractivity contribution in [2.24, 2.45) is 0 Å². The number of hydrogen-bond donors (Lipinski definition) is 0. The third kappa shape index (κ3) is 19.3. The van der Waals surface area contributed by atoms with Crippen LogP contribution in [0.4, 0.5) is 0 Å². The van der Waals surface area contributed by atoms with E-state index in [9.17, 15) is 0 Å². The minimum absolute atomic E-state index is 0. The Kier molecular flexibility index (Phi) is 23.5. The van der Waals surface area contributed by atoms with Crippen LogP contribution in [0.25, 0.3) is 0 Å². The first-order valence-electron chi connectivity index (χ1n) is 11.1. The summed E-state index contributed by atoms with van der Waals surface area (Å²) in [5.74, 6) is 0.821. The summed E-state index contributed by atoms with van der Waals surface area (Å²) < 4.78 is 1.26. The Hall–Kier alpha value is 0.730. The number of quaternary nitrogens is 1. The number of hydrogen-bond acceptors (Lipinski definition) is 0. The molecule has 0 saturated heterocycles. The van der Waals surface area contributed by atoms with Gasteiger partial charge in [-0.1, -0.05) is 78.1 Å². The Bertz CT molecular complexity index is 230. The first-order chi connectivity index (χ1) is 11.7. The van der Waals surface area contributed by atoms with Crippen LogP contribution in [-0.2, 0) is 0 Å². The maximum absolute atomic E-state index is 5.96. The maximum atomic E-state index is 5.96. The second kappa shape index (κ2) is 21.0. The van der Waals surface area contributed by atoms with Crippen LogP contribution in [0.5, 0.6) is 0 Å². The van der Waals surface area contributed by atoms with Crippen LogP contribution in [0.2, 0.25) is 0 Å². The van der Waals surface area contributed by atoms with Crippen molar-refractivity contribution in [1.82, 2.24) is 0 Å². The zero-order valence-corrected chi connectivity index (χ0v) is 20.0. The lowest BCUT2D eigenvalue weighted by atomic mass is 10.1. The van der Waals surface area contributed by atoms with E-state index in [4.69, 9.17) is 11.6 Å². The van der Waals surface area contributed by atoms with Gasteiger partial charge in [0.25, 0.3) is 0 Å². The molecule has 3 heteroatoms. The number of halogens is 2. The summed E-state index contributed by atoms with van der Waals surface area (Å²) in [5.41, 5.74) is 0. The second-order valence-corrected chi connectivity index (χ2v) is 8.45. The molecule has 154 valence electrons. The number of nitrogens with zero attached hydrogens (tertiary/aromatic N) is 1. The fourth-order valence-electron chi connectivity index (χ4n) is 3.68. The summed E-state index contributed by atoms with van der Waals surface area (Å²) in [6.07, 6.45) is 21.0. The molecule has 0 heterocycles. The van der Waals surface area contributed by atoms with Gasteiger partial charge in [0.2, 0.25) is 0 Å². The van der Waals surface area contributed by atoms with E-state index >= 15 is 0 Å². The summed E-state index contributed by atoms with van der Waals surface area (Å²) in [7, 11) is 2.47. The van der Waals surface area contributed by atoms with Gasteiger partial charge in [-0.3, -0.25) is 0 Å². The Labute approximate surface area is 175 Å². The first-order valence-corrected chi connectivity index (χ1v) is 11.6. The lowest BCUT2D eigenvalue weighted by Crippen LogP contribution is -3.00. The van der Waals surface area contributed by atoms with Gasteiger partial charge in [-0.05, 0) is 25.7 Å². The average Bonchev–Trinajstić information content (AvgIpc) is 2.58. The van der Waals surface area contributed by atoms with Gasteiger partial charge >= 0.3 is 0 Å². The lowest BCUT2D eigenvalue weighted by molar-refractivity contribution is -0.910. The van der Waals surface area contributed by atoms with Crippen molar-refractivity contribution in [2.45, 2.75) is 110 Å². The molecule has 0 radical (unpaired) electrons. The average molecular weight is 441 g/mol. The van der Waals surface area contributed by atoms with Crippen molar-refractivity contribution in [3.8, 4) is 0 Å². The van der Waals surface area contributed by atoms with Crippen LogP contribution < -0.4 is 17.0 Å². The molecule has 1 nitrogen and oxygen atoms in total. The van der Waals surface area contributed by atoms with Crippen LogP contribution in [0.1, 0.15) is 110 Å². The topological polar surface area (TPSA) is 0 Å². The van der Waals surface area contributed by atoms with E-state index in [1.807, 2.05) is 0 Å². The SMILES string of the molecule is CCCCCCCCC[N+](C)(CCCCl)CCCCCCCCC.[Br-]. The number of alkyl halides is 1. The summed E-state index contributed by atoms with van der Waals surface area (Å²) in [6, 6.07) is 0. The van der Waals surface area contributed by atoms with E-state index < -0.39 is 0 Å². The predicted octanol–water partition coefficient (Wildman–Crippen LogP) is 4.57. The molecule has 0 amide bonds. The normalized spacial score (nSPS) is 11.5. The van der Waals surface area contributed by atoms with Gasteiger partial charge in [0.05, 0.1) is 26.7 Å². The van der Waals surface area contributed by atoms with Crippen molar-refractivity contribution in [3.63, 3.8) is 0 Å². The largest absolute Gasteiger partial charge is 1.00 e. The van der Waals surface area contributed by atoms with Crippen molar-refractivity contribution < 1.29 is 21.5 Å². The van der Waals surface area contributed by atoms with E-state index in [-0.39, 0.29) is 17.0 Å². The molecule has 0 saturated carbocycles. The monoisotopic (exact) mass is 439 g/mol. The van der Waals surface area contributed by atoms with Crippen LogP contribution in [0.3, 0.4) is 0 Å². The molecule has 0 bridgehead atoms. The fourth-order valence-corrected chi connectivity index (χ4v) is 3.80. The van der Waals surface area contributed by atoms with Crippen molar-refractivity contribution in [2.75, 3.05) is 32.6 Å². The third-order valence-corrected chi connectivity index (χ3v) is 5.70. The van der Waals surface area contributed by atoms with E-state index in [0.29, 0.717) is 0 Å². The summed E-state index contributed by atoms with van der Waals surface area (Å²) >= 11 is 5.96. The predicted molar refractivity (Wildman–Crippen MR) is 112 cm³/mol. The second-order valence-electron chi connectivity index (χ2n) is 8.08. The highest BCUT2D eigenvalue weighted by Crippen LogP contribution is 2.15. The summed E-state index contributed by atoms with van der Waals surface area (Å²) in [6.45, 7) is 8.59. The Balaban J connectivity index is 0. The minimum atomic E-state index is 0. The number of rotatable bonds is 19. The van der Waals surface area contributed by atoms with Crippen molar-refractivity contribution in [1.29, 1.82) is 0 Å². The molecule has 0 aromatic rings. The van der Waals surface area contributed by atoms with Crippen LogP contribution in [-0.4, -0.2) is 37.0 Å². The standard InChI is InChI=1S/C22H47ClN.BrH/c1-4-6-8-10-12-14-16-20-24(3,22-18-19-23)21-17-15-13-11-9-7-5-2;/h4-22H2,1-3H3;1H/q+1;/p-1. The smallest absolute Gasteiger partial charge is 0.0796 e. The van der Waals surface area contributed by atoms with Gasteiger partial charge < -0.3 is 21.5 Å². The lowest BCUT2D eigenvalue weighted by Gasteiger charge is -2.35. The maximum Gasteiger partial charge on any atom is 0.0796 e. The third-order valence-electron chi connectivity index (χ3n) is 5.43. The zero-order chi connectivity index (χ0) is 17.9. The Morgan fingerprint density at radius 1 is 0.520 bits per heavy atom. The summed E-state index contributed by atoms with van der Waals surface area (Å²) in [4.78, 5) is 0. The van der Waals surface area contributed by atoms with E-state index in [1.54, 1.807) is 0 Å². The quantitative estimate of drug-likeness (QED) is 0.157. The molecule has 0 N–H and O–H groups in total. The van der Waals surface area contributed by atoms with Gasteiger partial charge in [-0.15, -0.1) is 11.6 Å². The molecule has 0 spiro atoms. The van der Waals surface area contributed by atoms with E-state index in [1.165, 1.54) is 120 Å². The Morgan fingerprint density at radius 3 is 1.20 bits per heavy atom. The molecule has 0 atom stereocenters. The first kappa shape index (κ1) is 27.9. The van der Waals surface area contributed by atoms with Gasteiger partial charge in [0.15, 0.2) is 0 Å². The van der Waals surface area contributed by atoms with Crippen molar-refractivity contribution >= 4 is 11.6 Å². The minimum Gasteiger partial charge on any atom is -1.00 e. The molecular formula is C22H47BrClN. The molecule has 0 aromatic heterocycles. The number of unbranched alkanes of at least 4 members (excludes halogenated alkanes) is 12. The van der Waals surface area contributed by atoms with Crippen LogP contribution in [0.15, 0.2) is 0 Å². The Morgan fingerprint density at radius 2 is 0.840 bits per heavy atom. The highest BCUT2D eigenvalue weighted by atomic mass is 79.9. The molecule has 0 fully saturated rings. The zero-order valence-electron chi connectivity index (χ0n) is 17.6. The van der Waals surface area contributed by atoms with Gasteiger partial charge in [-0.2, -0.15) is 0 Å². The molecule has 0 aliphatic carbocycles. The van der Waals surface area contributed by atoms with Gasteiger partial charge in [0, 0.05) is 12.3 Å². The van der Waals surface area contributed by atoms with Gasteiger partial charge in [0.1, 0.15) is 0 Å². The molecule has 0 unspecified atom stereocenters. The highest BCUT2D eigenvalue weighted by Gasteiger charge is 2.19. The van der Waals surface area contributed by atoms with Crippen LogP contribution >= 0.6 is 11.6 Å². The summed E-state index contributed by atoms with van der Waals surface area (Å²) in [5, 5.41) is 0. The fraction of sp³-hybridized carbons (Fsp3) is 1.00. The molecule has 25 heavy (non-hydrogen) atoms. The molecule has 0 aliphatic heterocycles. The molecule has 0 rings (SSSR count). The molecule has 0 aromatic carbocycles. The van der Waals surface area contributed by atoms with E-state index in [2.05, 4.69) is 20.9 Å². The highest BCUT2D eigenvalue weighted by molar-refractivity contribution is 6.17. The van der Waals surface area contributed by atoms with E-state index in [0.717, 1.165) is 5.88 Å². The van der Waals surface area contributed by atoms with Crippen LogP contribution in [0, 0.1) is 0 Å².